The van der Waals surface area contributed by atoms with Gasteiger partial charge in [0.2, 0.25) is 0 Å². The molecular weight excluding hydrogens is 331 g/mol. The third-order valence-corrected chi connectivity index (χ3v) is 3.07. The standard InChI is InChI=1S/C14H21ClN2O4.ClH/c1-19-6-7-21-5-3-4-17-14(18)10-8-11(15)12(16)9-13(10)20-2;/h8-9H,3-7,16H2,1-2H3,(H,17,18);1H. The summed E-state index contributed by atoms with van der Waals surface area (Å²) in [5.74, 6) is 0.136. The Bertz CT molecular complexity index is 472. The van der Waals surface area contributed by atoms with Crippen molar-refractivity contribution in [1.29, 1.82) is 0 Å². The molecule has 0 saturated carbocycles. The van der Waals surface area contributed by atoms with Crippen molar-refractivity contribution in [2.24, 2.45) is 0 Å². The van der Waals surface area contributed by atoms with Gasteiger partial charge in [0.15, 0.2) is 0 Å². The molecule has 0 unspecified atom stereocenters. The van der Waals surface area contributed by atoms with Crippen LogP contribution >= 0.6 is 24.0 Å². The molecule has 0 fully saturated rings. The average Bonchev–Trinajstić information content (AvgIpc) is 2.48. The van der Waals surface area contributed by atoms with Crippen LogP contribution in [0.5, 0.6) is 5.75 Å². The number of methoxy groups -OCH3 is 2. The quantitative estimate of drug-likeness (QED) is 0.525. The molecule has 0 aliphatic heterocycles. The van der Waals surface area contributed by atoms with Crippen LogP contribution in [-0.2, 0) is 9.47 Å². The van der Waals surface area contributed by atoms with E-state index in [9.17, 15) is 4.79 Å². The van der Waals surface area contributed by atoms with E-state index in [1.807, 2.05) is 0 Å². The zero-order valence-corrected chi connectivity index (χ0v) is 14.3. The van der Waals surface area contributed by atoms with Crippen LogP contribution in [0.25, 0.3) is 0 Å². The molecule has 22 heavy (non-hydrogen) atoms. The second-order valence-corrected chi connectivity index (χ2v) is 4.70. The van der Waals surface area contributed by atoms with E-state index >= 15 is 0 Å². The van der Waals surface area contributed by atoms with E-state index in [-0.39, 0.29) is 18.3 Å². The molecule has 6 nitrogen and oxygen atoms in total. The molecule has 0 aromatic heterocycles. The summed E-state index contributed by atoms with van der Waals surface area (Å²) in [7, 11) is 3.10. The molecule has 0 bridgehead atoms. The number of nitrogens with one attached hydrogen (secondary N) is 1. The van der Waals surface area contributed by atoms with Gasteiger partial charge in [-0.2, -0.15) is 0 Å². The van der Waals surface area contributed by atoms with E-state index in [0.29, 0.717) is 54.8 Å². The molecule has 0 radical (unpaired) electrons. The Morgan fingerprint density at radius 1 is 1.27 bits per heavy atom. The molecule has 8 heteroatoms. The van der Waals surface area contributed by atoms with Gasteiger partial charge >= 0.3 is 0 Å². The number of halogens is 2. The molecule has 0 aliphatic rings. The van der Waals surface area contributed by atoms with Crippen LogP contribution in [0.4, 0.5) is 5.69 Å². The lowest BCUT2D eigenvalue weighted by Gasteiger charge is -2.11. The first kappa shape index (κ1) is 20.8. The van der Waals surface area contributed by atoms with Crippen molar-refractivity contribution in [2.45, 2.75) is 6.42 Å². The molecule has 1 amide bonds. The molecule has 0 aliphatic carbocycles. The van der Waals surface area contributed by atoms with E-state index in [1.54, 1.807) is 7.11 Å². The third-order valence-electron chi connectivity index (χ3n) is 2.75. The maximum Gasteiger partial charge on any atom is 0.255 e. The minimum Gasteiger partial charge on any atom is -0.496 e. The number of nitrogen functional groups attached to an aromatic ring is 1. The normalized spacial score (nSPS) is 9.95. The summed E-state index contributed by atoms with van der Waals surface area (Å²) in [5, 5.41) is 3.10. The van der Waals surface area contributed by atoms with E-state index in [0.717, 1.165) is 0 Å². The van der Waals surface area contributed by atoms with Crippen LogP contribution in [-0.4, -0.2) is 46.5 Å². The number of ether oxygens (including phenoxy) is 3. The highest BCUT2D eigenvalue weighted by atomic mass is 35.5. The zero-order chi connectivity index (χ0) is 15.7. The van der Waals surface area contributed by atoms with Gasteiger partial charge in [-0.15, -0.1) is 12.4 Å². The lowest BCUT2D eigenvalue weighted by molar-refractivity contribution is 0.0688. The van der Waals surface area contributed by atoms with Gasteiger partial charge in [-0.3, -0.25) is 4.79 Å². The summed E-state index contributed by atoms with van der Waals surface area (Å²) in [4.78, 5) is 12.1. The predicted octanol–water partition coefficient (Wildman–Crippen LogP) is 2.14. The van der Waals surface area contributed by atoms with Crippen molar-refractivity contribution < 1.29 is 19.0 Å². The predicted molar refractivity (Wildman–Crippen MR) is 89.3 cm³/mol. The maximum absolute atomic E-state index is 12.1. The van der Waals surface area contributed by atoms with Crippen molar-refractivity contribution in [3.8, 4) is 5.75 Å². The Balaban J connectivity index is 0.00000441. The smallest absolute Gasteiger partial charge is 0.255 e. The summed E-state index contributed by atoms with van der Waals surface area (Å²) in [6.45, 7) is 2.17. The molecular formula is C14H22Cl2N2O4. The number of carbonyl (C=O) groups is 1. The van der Waals surface area contributed by atoms with Gasteiger partial charge < -0.3 is 25.3 Å². The van der Waals surface area contributed by atoms with Gasteiger partial charge in [-0.05, 0) is 12.5 Å². The van der Waals surface area contributed by atoms with Crippen LogP contribution in [0.3, 0.4) is 0 Å². The van der Waals surface area contributed by atoms with Crippen LogP contribution in [0.1, 0.15) is 16.8 Å². The lowest BCUT2D eigenvalue weighted by atomic mass is 10.1. The average molecular weight is 353 g/mol. The monoisotopic (exact) mass is 352 g/mol. The molecule has 126 valence electrons. The summed E-state index contributed by atoms with van der Waals surface area (Å²) in [6.07, 6.45) is 0.709. The molecule has 0 spiro atoms. The fourth-order valence-corrected chi connectivity index (χ4v) is 1.79. The number of carbonyl (C=O) groups excluding carboxylic acids is 1. The van der Waals surface area contributed by atoms with Gasteiger partial charge in [0, 0.05) is 26.3 Å². The Hall–Kier alpha value is -1.21. The van der Waals surface area contributed by atoms with Crippen LogP contribution in [0.2, 0.25) is 5.02 Å². The van der Waals surface area contributed by atoms with Gasteiger partial charge in [0.05, 0.1) is 36.6 Å². The first-order valence-electron chi connectivity index (χ1n) is 6.58. The van der Waals surface area contributed by atoms with E-state index in [2.05, 4.69) is 5.32 Å². The minimum atomic E-state index is -0.259. The molecule has 1 aromatic rings. The Labute approximate surface area is 141 Å². The van der Waals surface area contributed by atoms with Crippen LogP contribution in [0.15, 0.2) is 12.1 Å². The number of amides is 1. The highest BCUT2D eigenvalue weighted by molar-refractivity contribution is 6.33. The number of nitrogens with two attached hydrogens (primary N) is 1. The number of rotatable bonds is 9. The van der Waals surface area contributed by atoms with Crippen molar-refractivity contribution in [2.75, 3.05) is 46.3 Å². The summed E-state index contributed by atoms with van der Waals surface area (Å²) < 4.78 is 15.3. The van der Waals surface area contributed by atoms with Crippen molar-refractivity contribution >= 4 is 35.6 Å². The highest BCUT2D eigenvalue weighted by Gasteiger charge is 2.14. The van der Waals surface area contributed by atoms with E-state index in [1.165, 1.54) is 19.2 Å². The summed E-state index contributed by atoms with van der Waals surface area (Å²) in [5.41, 5.74) is 6.40. The fourth-order valence-electron chi connectivity index (χ4n) is 1.63. The number of anilines is 1. The van der Waals surface area contributed by atoms with Crippen molar-refractivity contribution in [3.05, 3.63) is 22.7 Å². The van der Waals surface area contributed by atoms with Gasteiger partial charge in [0.1, 0.15) is 5.75 Å². The third kappa shape index (κ3) is 6.70. The topological polar surface area (TPSA) is 82.8 Å². The minimum absolute atomic E-state index is 0. The van der Waals surface area contributed by atoms with Crippen molar-refractivity contribution in [1.82, 2.24) is 5.32 Å². The second kappa shape index (κ2) is 11.4. The number of benzene rings is 1. The molecule has 0 saturated heterocycles. The van der Waals surface area contributed by atoms with Gasteiger partial charge in [0.25, 0.3) is 5.91 Å². The summed E-state index contributed by atoms with van der Waals surface area (Å²) >= 11 is 5.93. The maximum atomic E-state index is 12.1. The summed E-state index contributed by atoms with van der Waals surface area (Å²) in [6, 6.07) is 3.03. The van der Waals surface area contributed by atoms with E-state index in [4.69, 9.17) is 31.5 Å². The Morgan fingerprint density at radius 2 is 2.00 bits per heavy atom. The number of hydrogen-bond donors (Lipinski definition) is 2. The SMILES string of the molecule is COCCOCCCNC(=O)c1cc(Cl)c(N)cc1OC.Cl. The zero-order valence-electron chi connectivity index (χ0n) is 12.7. The molecule has 0 atom stereocenters. The van der Waals surface area contributed by atoms with Crippen LogP contribution in [0, 0.1) is 0 Å². The Morgan fingerprint density at radius 3 is 2.64 bits per heavy atom. The largest absolute Gasteiger partial charge is 0.496 e. The first-order valence-corrected chi connectivity index (χ1v) is 6.95. The highest BCUT2D eigenvalue weighted by Crippen LogP contribution is 2.28. The van der Waals surface area contributed by atoms with E-state index < -0.39 is 0 Å². The lowest BCUT2D eigenvalue weighted by Crippen LogP contribution is -2.26. The van der Waals surface area contributed by atoms with Gasteiger partial charge in [-0.25, -0.2) is 0 Å². The first-order chi connectivity index (χ1) is 10.1. The Kier molecular flexibility index (Phi) is 10.7. The fraction of sp³-hybridized carbons (Fsp3) is 0.500. The van der Waals surface area contributed by atoms with Crippen LogP contribution < -0.4 is 15.8 Å². The molecule has 0 heterocycles. The molecule has 1 aromatic carbocycles. The van der Waals surface area contributed by atoms with Gasteiger partial charge in [-0.1, -0.05) is 11.6 Å². The molecule has 3 N–H and O–H groups in total. The molecule has 1 rings (SSSR count). The second-order valence-electron chi connectivity index (χ2n) is 4.29. The van der Waals surface area contributed by atoms with Crippen molar-refractivity contribution in [3.63, 3.8) is 0 Å². The number of hydrogen-bond acceptors (Lipinski definition) is 5.